The quantitative estimate of drug-likeness (QED) is 0.636. The summed E-state index contributed by atoms with van der Waals surface area (Å²) in [7, 11) is 3.81. The van der Waals surface area contributed by atoms with Gasteiger partial charge in [0, 0.05) is 25.3 Å². The Balaban J connectivity index is 1.42. The van der Waals surface area contributed by atoms with Crippen LogP contribution in [0.1, 0.15) is 16.2 Å². The van der Waals surface area contributed by atoms with Crippen LogP contribution in [0.3, 0.4) is 0 Å². The molecule has 3 aromatic rings. The van der Waals surface area contributed by atoms with Gasteiger partial charge in [-0.15, -0.1) is 0 Å². The van der Waals surface area contributed by atoms with Gasteiger partial charge in [0.1, 0.15) is 0 Å². The molecule has 0 unspecified atom stereocenters. The van der Waals surface area contributed by atoms with E-state index < -0.39 is 5.97 Å². The van der Waals surface area contributed by atoms with Crippen LogP contribution in [-0.4, -0.2) is 37.0 Å². The van der Waals surface area contributed by atoms with E-state index in [0.717, 1.165) is 11.3 Å². The molecule has 0 spiro atoms. The zero-order chi connectivity index (χ0) is 18.8. The van der Waals surface area contributed by atoms with E-state index in [1.165, 1.54) is 0 Å². The van der Waals surface area contributed by atoms with Gasteiger partial charge in [0.15, 0.2) is 18.1 Å². The van der Waals surface area contributed by atoms with Gasteiger partial charge in [0.2, 0.25) is 12.6 Å². The van der Waals surface area contributed by atoms with Crippen LogP contribution in [0, 0.1) is 0 Å². The van der Waals surface area contributed by atoms with Gasteiger partial charge >= 0.3 is 5.97 Å². The largest absolute Gasteiger partial charge is 0.454 e. The molecule has 1 aromatic heterocycles. The Morgan fingerprint density at radius 3 is 2.85 bits per heavy atom. The maximum atomic E-state index is 12.2. The minimum Gasteiger partial charge on any atom is -0.454 e. The topological polar surface area (TPSA) is 86.9 Å². The number of ether oxygens (including phenoxy) is 3. The van der Waals surface area contributed by atoms with Crippen LogP contribution in [0.25, 0.3) is 11.4 Å². The zero-order valence-corrected chi connectivity index (χ0v) is 14.8. The number of carbonyl (C=O) groups excluding carboxylic acids is 1. The van der Waals surface area contributed by atoms with E-state index in [1.54, 1.807) is 36.4 Å². The number of aromatic nitrogens is 2. The fourth-order valence-corrected chi connectivity index (χ4v) is 2.59. The summed E-state index contributed by atoms with van der Waals surface area (Å²) in [6.45, 7) is 0.0871. The molecule has 0 fully saturated rings. The van der Waals surface area contributed by atoms with Crippen molar-refractivity contribution in [3.05, 3.63) is 53.9 Å². The first-order valence-corrected chi connectivity index (χ1v) is 8.27. The molecule has 4 rings (SSSR count). The Labute approximate surface area is 155 Å². The van der Waals surface area contributed by atoms with E-state index in [0.29, 0.717) is 22.9 Å². The molecule has 1 aliphatic heterocycles. The maximum absolute atomic E-state index is 12.2. The summed E-state index contributed by atoms with van der Waals surface area (Å²) in [4.78, 5) is 18.4. The number of nitrogens with zero attached hydrogens (tertiary/aromatic N) is 3. The SMILES string of the molecule is CN(C)c1cccc(C(=O)OCc2nc(-c3ccc4c(c3)OCO4)no2)c1. The summed E-state index contributed by atoms with van der Waals surface area (Å²) < 4.78 is 21.1. The van der Waals surface area contributed by atoms with Crippen LogP contribution in [0.2, 0.25) is 0 Å². The van der Waals surface area contributed by atoms with E-state index in [2.05, 4.69) is 10.1 Å². The second-order valence-electron chi connectivity index (χ2n) is 6.10. The number of rotatable bonds is 5. The first-order chi connectivity index (χ1) is 13.1. The molecule has 0 amide bonds. The third-order valence-electron chi connectivity index (χ3n) is 4.02. The van der Waals surface area contributed by atoms with E-state index >= 15 is 0 Å². The van der Waals surface area contributed by atoms with Crippen molar-refractivity contribution in [3.63, 3.8) is 0 Å². The van der Waals surface area contributed by atoms with E-state index in [1.807, 2.05) is 25.1 Å². The average Bonchev–Trinajstić information content (AvgIpc) is 3.34. The summed E-state index contributed by atoms with van der Waals surface area (Å²) in [6.07, 6.45) is 0. The van der Waals surface area contributed by atoms with Gasteiger partial charge in [-0.2, -0.15) is 4.98 Å². The van der Waals surface area contributed by atoms with Gasteiger partial charge in [0.05, 0.1) is 5.56 Å². The molecule has 2 aromatic carbocycles. The molecule has 138 valence electrons. The highest BCUT2D eigenvalue weighted by molar-refractivity contribution is 5.90. The number of anilines is 1. The van der Waals surface area contributed by atoms with Gasteiger partial charge in [0.25, 0.3) is 5.89 Å². The van der Waals surface area contributed by atoms with Gasteiger partial charge in [-0.05, 0) is 36.4 Å². The highest BCUT2D eigenvalue weighted by atomic mass is 16.7. The fraction of sp³-hybridized carbons (Fsp3) is 0.211. The summed E-state index contributed by atoms with van der Waals surface area (Å²) in [5.74, 6) is 1.44. The molecule has 0 saturated carbocycles. The van der Waals surface area contributed by atoms with Crippen molar-refractivity contribution >= 4 is 11.7 Å². The van der Waals surface area contributed by atoms with Crippen LogP contribution in [-0.2, 0) is 11.3 Å². The number of hydrogen-bond acceptors (Lipinski definition) is 8. The van der Waals surface area contributed by atoms with Crippen LogP contribution in [0.4, 0.5) is 5.69 Å². The molecular weight excluding hydrogens is 350 g/mol. The maximum Gasteiger partial charge on any atom is 0.338 e. The molecule has 1 aliphatic rings. The van der Waals surface area contributed by atoms with Crippen LogP contribution in [0.15, 0.2) is 47.0 Å². The van der Waals surface area contributed by atoms with Crippen molar-refractivity contribution in [2.75, 3.05) is 25.8 Å². The Morgan fingerprint density at radius 1 is 1.15 bits per heavy atom. The molecule has 0 bridgehead atoms. The summed E-state index contributed by atoms with van der Waals surface area (Å²) in [5.41, 5.74) is 2.09. The lowest BCUT2D eigenvalue weighted by atomic mass is 10.2. The Morgan fingerprint density at radius 2 is 2.00 bits per heavy atom. The van der Waals surface area contributed by atoms with E-state index in [-0.39, 0.29) is 19.3 Å². The number of esters is 1. The third-order valence-corrected chi connectivity index (χ3v) is 4.02. The third kappa shape index (κ3) is 3.55. The normalized spacial score (nSPS) is 12.1. The van der Waals surface area contributed by atoms with Crippen molar-refractivity contribution < 1.29 is 23.5 Å². The van der Waals surface area contributed by atoms with Crippen molar-refractivity contribution in [1.82, 2.24) is 10.1 Å². The van der Waals surface area contributed by atoms with Crippen LogP contribution < -0.4 is 14.4 Å². The lowest BCUT2D eigenvalue weighted by molar-refractivity contribution is 0.0430. The zero-order valence-electron chi connectivity index (χ0n) is 14.8. The van der Waals surface area contributed by atoms with Gasteiger partial charge in [-0.1, -0.05) is 11.2 Å². The minimum absolute atomic E-state index is 0.109. The molecule has 27 heavy (non-hydrogen) atoms. The summed E-state index contributed by atoms with van der Waals surface area (Å²) in [5, 5.41) is 3.92. The van der Waals surface area contributed by atoms with Crippen LogP contribution in [0.5, 0.6) is 11.5 Å². The Hall–Kier alpha value is -3.55. The molecule has 0 aliphatic carbocycles. The standard InChI is InChI=1S/C19H17N3O5/c1-22(2)14-5-3-4-13(8-14)19(23)24-10-17-20-18(21-27-17)12-6-7-15-16(9-12)26-11-25-15/h3-9H,10-11H2,1-2H3. The van der Waals surface area contributed by atoms with Gasteiger partial charge in [-0.25, -0.2) is 4.79 Å². The van der Waals surface area contributed by atoms with Crippen molar-refractivity contribution in [2.24, 2.45) is 0 Å². The lowest BCUT2D eigenvalue weighted by Crippen LogP contribution is -2.11. The second-order valence-corrected chi connectivity index (χ2v) is 6.10. The molecular formula is C19H17N3O5. The second kappa shape index (κ2) is 6.99. The number of benzene rings is 2. The molecule has 2 heterocycles. The van der Waals surface area contributed by atoms with Crippen molar-refractivity contribution in [2.45, 2.75) is 6.61 Å². The molecule has 0 saturated heterocycles. The highest BCUT2D eigenvalue weighted by Crippen LogP contribution is 2.35. The predicted molar refractivity (Wildman–Crippen MR) is 95.7 cm³/mol. The van der Waals surface area contributed by atoms with Crippen molar-refractivity contribution in [1.29, 1.82) is 0 Å². The fourth-order valence-electron chi connectivity index (χ4n) is 2.59. The predicted octanol–water partition coefficient (Wildman–Crippen LogP) is 2.89. The molecule has 0 N–H and O–H groups in total. The van der Waals surface area contributed by atoms with E-state index in [9.17, 15) is 4.79 Å². The summed E-state index contributed by atoms with van der Waals surface area (Å²) >= 11 is 0. The molecule has 8 heteroatoms. The highest BCUT2D eigenvalue weighted by Gasteiger charge is 2.17. The van der Waals surface area contributed by atoms with Gasteiger partial charge in [-0.3, -0.25) is 0 Å². The smallest absolute Gasteiger partial charge is 0.338 e. The monoisotopic (exact) mass is 367 g/mol. The Bertz CT molecular complexity index is 983. The number of carbonyl (C=O) groups is 1. The first kappa shape index (κ1) is 16.9. The molecule has 0 atom stereocenters. The van der Waals surface area contributed by atoms with E-state index in [4.69, 9.17) is 18.7 Å². The van der Waals surface area contributed by atoms with Crippen molar-refractivity contribution in [3.8, 4) is 22.9 Å². The number of fused-ring (bicyclic) bond motifs is 1. The average molecular weight is 367 g/mol. The minimum atomic E-state index is -0.457. The Kier molecular flexibility index (Phi) is 4.37. The van der Waals surface area contributed by atoms with Crippen LogP contribution >= 0.6 is 0 Å². The van der Waals surface area contributed by atoms with Gasteiger partial charge < -0.3 is 23.6 Å². The molecule has 8 nitrogen and oxygen atoms in total. The lowest BCUT2D eigenvalue weighted by Gasteiger charge is -2.12. The first-order valence-electron chi connectivity index (χ1n) is 8.27. The molecule has 0 radical (unpaired) electrons. The summed E-state index contributed by atoms with van der Waals surface area (Å²) in [6, 6.07) is 12.5. The number of hydrogen-bond donors (Lipinski definition) is 0.